The van der Waals surface area contributed by atoms with Crippen molar-refractivity contribution in [2.45, 2.75) is 38.0 Å². The van der Waals surface area contributed by atoms with Gasteiger partial charge in [0.05, 0.1) is 17.6 Å². The van der Waals surface area contributed by atoms with Crippen LogP contribution < -0.4 is 5.32 Å². The van der Waals surface area contributed by atoms with E-state index in [4.69, 9.17) is 11.6 Å². The first-order valence-corrected chi connectivity index (χ1v) is 5.80. The second-order valence-corrected chi connectivity index (χ2v) is 4.75. The second kappa shape index (κ2) is 4.37. The first-order chi connectivity index (χ1) is 7.58. The topological polar surface area (TPSA) is 54.9 Å². The summed E-state index contributed by atoms with van der Waals surface area (Å²) in [5.41, 5.74) is 1.64. The first kappa shape index (κ1) is 11.3. The minimum absolute atomic E-state index is 0.212. The van der Waals surface area contributed by atoms with Gasteiger partial charge in [-0.25, -0.2) is 9.97 Å². The molecule has 0 bridgehead atoms. The zero-order valence-electron chi connectivity index (χ0n) is 9.33. The molecule has 1 heterocycles. The lowest BCUT2D eigenvalue weighted by molar-refractivity contribution is -0.115. The Labute approximate surface area is 99.4 Å². The van der Waals surface area contributed by atoms with E-state index in [-0.39, 0.29) is 5.91 Å². The number of nitrogens with one attached hydrogen (secondary N) is 1. The molecule has 0 radical (unpaired) electrons. The minimum atomic E-state index is -0.548. The number of hydrogen-bond donors (Lipinski definition) is 1. The van der Waals surface area contributed by atoms with Crippen LogP contribution in [0, 0.1) is 6.92 Å². The Kier molecular flexibility index (Phi) is 3.10. The van der Waals surface area contributed by atoms with Gasteiger partial charge in [-0.05, 0) is 26.7 Å². The monoisotopic (exact) mass is 239 g/mol. The molecule has 1 aromatic heterocycles. The van der Waals surface area contributed by atoms with Gasteiger partial charge in [0.15, 0.2) is 0 Å². The highest BCUT2D eigenvalue weighted by atomic mass is 35.5. The number of carbonyl (C=O) groups is 1. The van der Waals surface area contributed by atoms with E-state index in [1.807, 2.05) is 6.92 Å². The Balaban J connectivity index is 2.22. The van der Waals surface area contributed by atoms with Crippen molar-refractivity contribution in [1.29, 1.82) is 0 Å². The molecular weight excluding hydrogens is 226 g/mol. The third-order valence-corrected chi connectivity index (χ3v) is 2.72. The van der Waals surface area contributed by atoms with E-state index in [0.717, 1.165) is 24.4 Å². The number of carbonyl (C=O) groups excluding carboxylic acids is 1. The lowest BCUT2D eigenvalue weighted by Crippen LogP contribution is -2.21. The van der Waals surface area contributed by atoms with Gasteiger partial charge < -0.3 is 5.32 Å². The average molecular weight is 240 g/mol. The van der Waals surface area contributed by atoms with Crippen LogP contribution in [-0.2, 0) is 4.79 Å². The van der Waals surface area contributed by atoms with Gasteiger partial charge in [-0.1, -0.05) is 0 Å². The molecule has 1 saturated carbocycles. The number of halogens is 1. The summed E-state index contributed by atoms with van der Waals surface area (Å²) in [6.45, 7) is 3.49. The molecule has 0 spiro atoms. The maximum atomic E-state index is 11.5. The number of aromatic nitrogens is 2. The molecule has 5 heteroatoms. The van der Waals surface area contributed by atoms with Gasteiger partial charge in [-0.3, -0.25) is 4.79 Å². The molecule has 1 amide bonds. The summed E-state index contributed by atoms with van der Waals surface area (Å²) >= 11 is 5.70. The van der Waals surface area contributed by atoms with E-state index in [2.05, 4.69) is 15.3 Å². The third-order valence-electron chi connectivity index (χ3n) is 2.52. The second-order valence-electron chi connectivity index (χ2n) is 4.10. The van der Waals surface area contributed by atoms with Gasteiger partial charge in [0.25, 0.3) is 0 Å². The molecular formula is C11H14ClN3O. The van der Waals surface area contributed by atoms with Crippen molar-refractivity contribution in [1.82, 2.24) is 9.97 Å². The number of aryl methyl sites for hydroxylation is 1. The van der Waals surface area contributed by atoms with Crippen LogP contribution in [0.15, 0.2) is 6.20 Å². The maximum absolute atomic E-state index is 11.5. The van der Waals surface area contributed by atoms with Crippen molar-refractivity contribution < 1.29 is 4.79 Å². The minimum Gasteiger partial charge on any atom is -0.322 e. The molecule has 1 aliphatic rings. The van der Waals surface area contributed by atoms with Gasteiger partial charge in [0.2, 0.25) is 5.91 Å². The van der Waals surface area contributed by atoms with Crippen molar-refractivity contribution in [2.75, 3.05) is 5.32 Å². The lowest BCUT2D eigenvalue weighted by Gasteiger charge is -2.10. The maximum Gasteiger partial charge on any atom is 0.242 e. The normalized spacial score (nSPS) is 16.9. The average Bonchev–Trinajstić information content (AvgIpc) is 3.04. The molecule has 2 rings (SSSR count). The number of nitrogens with zero attached hydrogens (tertiary/aromatic N) is 2. The predicted molar refractivity (Wildman–Crippen MR) is 62.7 cm³/mol. The number of alkyl halides is 1. The summed E-state index contributed by atoms with van der Waals surface area (Å²) in [7, 11) is 0. The molecule has 1 atom stereocenters. The fourth-order valence-electron chi connectivity index (χ4n) is 1.48. The smallest absolute Gasteiger partial charge is 0.242 e. The van der Waals surface area contributed by atoms with Gasteiger partial charge in [0.1, 0.15) is 11.2 Å². The lowest BCUT2D eigenvalue weighted by atomic mass is 10.2. The number of amides is 1. The Morgan fingerprint density at radius 1 is 1.62 bits per heavy atom. The fraction of sp³-hybridized carbons (Fsp3) is 0.545. The highest BCUT2D eigenvalue weighted by molar-refractivity contribution is 6.32. The third kappa shape index (κ3) is 2.50. The highest BCUT2D eigenvalue weighted by Gasteiger charge is 2.28. The van der Waals surface area contributed by atoms with E-state index in [1.165, 1.54) is 0 Å². The molecule has 0 aliphatic heterocycles. The zero-order valence-corrected chi connectivity index (χ0v) is 10.1. The van der Waals surface area contributed by atoms with Crippen LogP contribution in [0.3, 0.4) is 0 Å². The van der Waals surface area contributed by atoms with Crippen molar-refractivity contribution >= 4 is 23.2 Å². The summed E-state index contributed by atoms with van der Waals surface area (Å²) in [5, 5.41) is 2.21. The van der Waals surface area contributed by atoms with Crippen LogP contribution in [0.2, 0.25) is 0 Å². The van der Waals surface area contributed by atoms with Crippen LogP contribution in [0.1, 0.15) is 37.2 Å². The number of rotatable bonds is 3. The molecule has 86 valence electrons. The van der Waals surface area contributed by atoms with Crippen molar-refractivity contribution in [3.05, 3.63) is 17.7 Å². The Bertz CT molecular complexity index is 416. The summed E-state index contributed by atoms with van der Waals surface area (Å²) in [4.78, 5) is 20.0. The number of anilines is 1. The molecule has 4 nitrogen and oxygen atoms in total. The molecule has 0 aromatic carbocycles. The molecule has 1 unspecified atom stereocenters. The quantitative estimate of drug-likeness (QED) is 0.823. The standard InChI is InChI=1S/C11H14ClN3O/c1-6(12)11(16)15-9-5-13-7(2)14-10(9)8-3-4-8/h5-6,8H,3-4H2,1-2H3,(H,15,16). The highest BCUT2D eigenvalue weighted by Crippen LogP contribution is 2.42. The van der Waals surface area contributed by atoms with Crippen LogP contribution in [0.4, 0.5) is 5.69 Å². The predicted octanol–water partition coefficient (Wildman–Crippen LogP) is 2.23. The summed E-state index contributed by atoms with van der Waals surface area (Å²) < 4.78 is 0. The van der Waals surface area contributed by atoms with E-state index >= 15 is 0 Å². The van der Waals surface area contributed by atoms with Crippen LogP contribution in [0.5, 0.6) is 0 Å². The van der Waals surface area contributed by atoms with Crippen LogP contribution >= 0.6 is 11.6 Å². The summed E-state index contributed by atoms with van der Waals surface area (Å²) in [6.07, 6.45) is 3.93. The number of hydrogen-bond acceptors (Lipinski definition) is 3. The molecule has 1 aromatic rings. The Morgan fingerprint density at radius 3 is 2.88 bits per heavy atom. The molecule has 1 fully saturated rings. The van der Waals surface area contributed by atoms with E-state index in [0.29, 0.717) is 11.6 Å². The Hall–Kier alpha value is -1.16. The van der Waals surface area contributed by atoms with Crippen molar-refractivity contribution in [3.8, 4) is 0 Å². The van der Waals surface area contributed by atoms with E-state index < -0.39 is 5.38 Å². The van der Waals surface area contributed by atoms with E-state index in [9.17, 15) is 4.79 Å². The first-order valence-electron chi connectivity index (χ1n) is 5.36. The Morgan fingerprint density at radius 2 is 2.31 bits per heavy atom. The molecule has 16 heavy (non-hydrogen) atoms. The molecule has 1 N–H and O–H groups in total. The molecule has 0 saturated heterocycles. The largest absolute Gasteiger partial charge is 0.322 e. The van der Waals surface area contributed by atoms with Crippen LogP contribution in [0.25, 0.3) is 0 Å². The van der Waals surface area contributed by atoms with Gasteiger partial charge >= 0.3 is 0 Å². The summed E-state index contributed by atoms with van der Waals surface area (Å²) in [5.74, 6) is 0.998. The fourth-order valence-corrected chi connectivity index (χ4v) is 1.54. The summed E-state index contributed by atoms with van der Waals surface area (Å²) in [6, 6.07) is 0. The SMILES string of the molecule is Cc1ncc(NC(=O)C(C)Cl)c(C2CC2)n1. The van der Waals surface area contributed by atoms with Gasteiger partial charge in [0, 0.05) is 5.92 Å². The van der Waals surface area contributed by atoms with Gasteiger partial charge in [-0.2, -0.15) is 0 Å². The zero-order chi connectivity index (χ0) is 11.7. The van der Waals surface area contributed by atoms with E-state index in [1.54, 1.807) is 13.1 Å². The van der Waals surface area contributed by atoms with Crippen LogP contribution in [-0.4, -0.2) is 21.3 Å². The molecule has 1 aliphatic carbocycles. The van der Waals surface area contributed by atoms with Gasteiger partial charge in [-0.15, -0.1) is 11.6 Å². The van der Waals surface area contributed by atoms with Crippen molar-refractivity contribution in [3.63, 3.8) is 0 Å². The van der Waals surface area contributed by atoms with Crippen molar-refractivity contribution in [2.24, 2.45) is 0 Å².